The Morgan fingerprint density at radius 1 is 1.03 bits per heavy atom. The molecule has 0 amide bonds. The number of benzene rings is 2. The quantitative estimate of drug-likeness (QED) is 0.437. The fraction of sp³-hybridized carbons (Fsp3) is 0.345. The number of aromatic nitrogens is 1. The lowest BCUT2D eigenvalue weighted by molar-refractivity contribution is -0.135. The van der Waals surface area contributed by atoms with Gasteiger partial charge >= 0.3 is 6.09 Å². The van der Waals surface area contributed by atoms with Gasteiger partial charge in [0.05, 0.1) is 12.1 Å². The van der Waals surface area contributed by atoms with E-state index in [2.05, 4.69) is 13.0 Å². The number of rotatable bonds is 4. The van der Waals surface area contributed by atoms with Gasteiger partial charge in [0.25, 0.3) is 0 Å². The van der Waals surface area contributed by atoms with Crippen LogP contribution in [-0.4, -0.2) is 28.8 Å². The van der Waals surface area contributed by atoms with Gasteiger partial charge in [-0.25, -0.2) is 4.79 Å². The molecule has 1 aromatic heterocycles. The second-order valence-corrected chi connectivity index (χ2v) is 9.26. The average Bonchev–Trinajstić information content (AvgIpc) is 3.35. The van der Waals surface area contributed by atoms with Crippen LogP contribution in [0, 0.1) is 6.92 Å². The summed E-state index contributed by atoms with van der Waals surface area (Å²) >= 11 is 0. The second kappa shape index (κ2) is 8.39. The van der Waals surface area contributed by atoms with Crippen molar-refractivity contribution in [3.63, 3.8) is 0 Å². The van der Waals surface area contributed by atoms with E-state index in [0.717, 1.165) is 57.1 Å². The van der Waals surface area contributed by atoms with Gasteiger partial charge in [-0.3, -0.25) is 14.2 Å². The van der Waals surface area contributed by atoms with E-state index >= 15 is 0 Å². The van der Waals surface area contributed by atoms with Crippen LogP contribution in [0.3, 0.4) is 0 Å². The minimum absolute atomic E-state index is 0.000790. The van der Waals surface area contributed by atoms with E-state index in [1.165, 1.54) is 4.57 Å². The maximum absolute atomic E-state index is 13.7. The number of fused-ring (bicyclic) bond motifs is 3. The van der Waals surface area contributed by atoms with E-state index in [1.54, 1.807) is 13.1 Å². The first-order chi connectivity index (χ1) is 16.4. The lowest BCUT2D eigenvalue weighted by atomic mass is 9.63. The zero-order chi connectivity index (χ0) is 24.0. The molecule has 34 heavy (non-hydrogen) atoms. The molecule has 0 bridgehead atoms. The highest BCUT2D eigenvalue weighted by Crippen LogP contribution is 2.56. The van der Waals surface area contributed by atoms with Crippen LogP contribution in [0.25, 0.3) is 22.0 Å². The maximum atomic E-state index is 13.7. The van der Waals surface area contributed by atoms with Crippen LogP contribution in [0.2, 0.25) is 0 Å². The molecule has 1 saturated carbocycles. The number of hydrogen-bond donors (Lipinski definition) is 0. The summed E-state index contributed by atoms with van der Waals surface area (Å²) in [6.45, 7) is 6.25. The van der Waals surface area contributed by atoms with Crippen molar-refractivity contribution in [2.75, 3.05) is 6.61 Å². The van der Waals surface area contributed by atoms with Crippen LogP contribution in [0.1, 0.15) is 68.2 Å². The SMILES string of the molecule is CCCC1=C(c2ccc3c(ccn3C(=O)OCC)c2)C2(C(=O)CCCC2=O)c2ccc(C)cc21. The summed E-state index contributed by atoms with van der Waals surface area (Å²) < 4.78 is 6.66. The number of carbonyl (C=O) groups excluding carboxylic acids is 3. The van der Waals surface area contributed by atoms with E-state index in [0.29, 0.717) is 25.9 Å². The molecular formula is C29H29NO4. The van der Waals surface area contributed by atoms with Crippen molar-refractivity contribution in [3.05, 3.63) is 70.9 Å². The van der Waals surface area contributed by atoms with Crippen LogP contribution in [0.5, 0.6) is 0 Å². The normalized spacial score (nSPS) is 17.0. The van der Waals surface area contributed by atoms with Crippen LogP contribution in [0.4, 0.5) is 4.79 Å². The Hall–Kier alpha value is -3.47. The standard InChI is InChI=1S/C29H29NO4/c1-4-7-21-22-16-18(3)10-12-23(22)29(25(31)8-6-9-26(29)32)27(21)20-11-13-24-19(17-20)14-15-30(24)28(33)34-5-2/h10-17H,4-9H2,1-3H3. The fourth-order valence-corrected chi connectivity index (χ4v) is 5.80. The molecule has 1 spiro atoms. The van der Waals surface area contributed by atoms with E-state index in [-0.39, 0.29) is 11.6 Å². The van der Waals surface area contributed by atoms with Gasteiger partial charge in [0, 0.05) is 24.4 Å². The Balaban J connectivity index is 1.78. The van der Waals surface area contributed by atoms with Crippen molar-refractivity contribution in [2.45, 2.75) is 58.3 Å². The number of aryl methyl sites for hydroxylation is 1. The second-order valence-electron chi connectivity index (χ2n) is 9.26. The van der Waals surface area contributed by atoms with Gasteiger partial charge in [-0.05, 0) is 72.7 Å². The van der Waals surface area contributed by atoms with Gasteiger partial charge in [0.2, 0.25) is 0 Å². The molecule has 2 aromatic carbocycles. The van der Waals surface area contributed by atoms with Crippen molar-refractivity contribution < 1.29 is 19.1 Å². The third kappa shape index (κ3) is 3.10. The van der Waals surface area contributed by atoms with Gasteiger partial charge in [0.15, 0.2) is 11.6 Å². The Morgan fingerprint density at radius 3 is 2.50 bits per heavy atom. The molecule has 0 atom stereocenters. The van der Waals surface area contributed by atoms with Crippen LogP contribution >= 0.6 is 0 Å². The highest BCUT2D eigenvalue weighted by molar-refractivity contribution is 6.30. The average molecular weight is 456 g/mol. The molecule has 0 N–H and O–H groups in total. The summed E-state index contributed by atoms with van der Waals surface area (Å²) in [5, 5.41) is 0.867. The first-order valence-electron chi connectivity index (χ1n) is 12.1. The molecular weight excluding hydrogens is 426 g/mol. The predicted molar refractivity (Wildman–Crippen MR) is 133 cm³/mol. The van der Waals surface area contributed by atoms with Gasteiger partial charge < -0.3 is 4.74 Å². The highest BCUT2D eigenvalue weighted by atomic mass is 16.5. The largest absolute Gasteiger partial charge is 0.449 e. The number of carbonyl (C=O) groups is 3. The summed E-state index contributed by atoms with van der Waals surface area (Å²) in [4.78, 5) is 39.8. The summed E-state index contributed by atoms with van der Waals surface area (Å²) in [6, 6.07) is 13.8. The molecule has 0 radical (unpaired) electrons. The van der Waals surface area contributed by atoms with E-state index in [9.17, 15) is 14.4 Å². The van der Waals surface area contributed by atoms with Crippen molar-refractivity contribution in [3.8, 4) is 0 Å². The molecule has 174 valence electrons. The van der Waals surface area contributed by atoms with Gasteiger partial charge in [0.1, 0.15) is 5.41 Å². The predicted octanol–water partition coefficient (Wildman–Crippen LogP) is 6.24. The smallest absolute Gasteiger partial charge is 0.418 e. The van der Waals surface area contributed by atoms with Crippen molar-refractivity contribution in [2.24, 2.45) is 0 Å². The molecule has 1 fully saturated rings. The van der Waals surface area contributed by atoms with E-state index < -0.39 is 11.5 Å². The summed E-state index contributed by atoms with van der Waals surface area (Å²) in [5.74, 6) is -0.00158. The third-order valence-corrected chi connectivity index (χ3v) is 7.17. The minimum Gasteiger partial charge on any atom is -0.449 e. The van der Waals surface area contributed by atoms with Crippen LogP contribution in [-0.2, 0) is 19.7 Å². The lowest BCUT2D eigenvalue weighted by Gasteiger charge is -2.35. The molecule has 0 unspecified atom stereocenters. The monoisotopic (exact) mass is 455 g/mol. The van der Waals surface area contributed by atoms with Crippen molar-refractivity contribution in [1.29, 1.82) is 0 Å². The molecule has 0 saturated heterocycles. The summed E-state index contributed by atoms with van der Waals surface area (Å²) in [7, 11) is 0. The van der Waals surface area contributed by atoms with Crippen molar-refractivity contribution >= 4 is 39.7 Å². The minimum atomic E-state index is -1.23. The number of ketones is 2. The number of Topliss-reactive ketones (excluding diaryl/α,β-unsaturated/α-hetero) is 2. The third-order valence-electron chi connectivity index (χ3n) is 7.17. The zero-order valence-electron chi connectivity index (χ0n) is 19.9. The lowest BCUT2D eigenvalue weighted by Crippen LogP contribution is -2.46. The number of nitrogens with zero attached hydrogens (tertiary/aromatic N) is 1. The number of hydrogen-bond acceptors (Lipinski definition) is 4. The fourth-order valence-electron chi connectivity index (χ4n) is 5.80. The first kappa shape index (κ1) is 22.3. The van der Waals surface area contributed by atoms with E-state index in [4.69, 9.17) is 4.74 Å². The zero-order valence-corrected chi connectivity index (χ0v) is 19.9. The summed E-state index contributed by atoms with van der Waals surface area (Å²) in [6.07, 6.45) is 4.40. The Labute approximate surface area is 199 Å². The van der Waals surface area contributed by atoms with Crippen LogP contribution in [0.15, 0.2) is 48.7 Å². The van der Waals surface area contributed by atoms with Crippen molar-refractivity contribution in [1.82, 2.24) is 4.57 Å². The highest BCUT2D eigenvalue weighted by Gasteiger charge is 2.56. The molecule has 0 aliphatic heterocycles. The summed E-state index contributed by atoms with van der Waals surface area (Å²) in [5.41, 5.74) is 5.30. The number of allylic oxidation sites excluding steroid dienone is 2. The molecule has 2 aliphatic rings. The molecule has 5 heteroatoms. The van der Waals surface area contributed by atoms with Gasteiger partial charge in [-0.1, -0.05) is 43.2 Å². The van der Waals surface area contributed by atoms with Gasteiger partial charge in [-0.15, -0.1) is 0 Å². The van der Waals surface area contributed by atoms with Crippen LogP contribution < -0.4 is 0 Å². The molecule has 5 rings (SSSR count). The Morgan fingerprint density at radius 2 is 1.79 bits per heavy atom. The molecule has 2 aliphatic carbocycles. The molecule has 3 aromatic rings. The molecule has 1 heterocycles. The molecule has 5 nitrogen and oxygen atoms in total. The number of ether oxygens (including phenoxy) is 1. The maximum Gasteiger partial charge on any atom is 0.418 e. The Kier molecular flexibility index (Phi) is 5.51. The topological polar surface area (TPSA) is 65.4 Å². The first-order valence-corrected chi connectivity index (χ1v) is 12.1. The Bertz CT molecular complexity index is 1360. The van der Waals surface area contributed by atoms with Gasteiger partial charge in [-0.2, -0.15) is 0 Å². The van der Waals surface area contributed by atoms with E-state index in [1.807, 2.05) is 43.3 Å².